The van der Waals surface area contributed by atoms with Crippen LogP contribution in [0.1, 0.15) is 12.8 Å². The number of aliphatic carboxylic acids is 1. The van der Waals surface area contributed by atoms with Crippen LogP contribution in [0, 0.1) is 0 Å². The summed E-state index contributed by atoms with van der Waals surface area (Å²) in [6.45, 7) is 0. The molecule has 26 heavy (non-hydrogen) atoms. The van der Waals surface area contributed by atoms with Crippen LogP contribution in [-0.4, -0.2) is 60.5 Å². The Hall–Kier alpha value is -2.07. The summed E-state index contributed by atoms with van der Waals surface area (Å²) in [5, 5.41) is 8.91. The molecule has 0 radical (unpaired) electrons. The zero-order valence-electron chi connectivity index (χ0n) is 14.0. The molecule has 140 valence electrons. The molecule has 0 saturated carbocycles. The molecular formula is C16H18N2O6S2. The number of carboxylic acids is 1. The topological polar surface area (TPSA) is 113 Å². The van der Waals surface area contributed by atoms with Crippen LogP contribution in [-0.2, 0) is 19.4 Å². The van der Waals surface area contributed by atoms with Gasteiger partial charge in [-0.15, -0.1) is 0 Å². The fraction of sp³-hybridized carbons (Fsp3) is 0.438. The third-order valence-corrected chi connectivity index (χ3v) is 7.40. The molecule has 1 amide bonds. The van der Waals surface area contributed by atoms with Crippen LogP contribution >= 0.6 is 11.8 Å². The maximum atomic E-state index is 12.0. The minimum absolute atomic E-state index is 0.000960. The monoisotopic (exact) mass is 398 g/mol. The number of anilines is 1. The number of ether oxygens (including phenoxy) is 1. The number of amides is 1. The number of fused-ring (bicyclic) bond motifs is 1. The fourth-order valence-electron chi connectivity index (χ4n) is 2.99. The Bertz CT molecular complexity index is 850. The molecule has 2 atom stereocenters. The molecule has 2 aliphatic rings. The first-order valence-electron chi connectivity index (χ1n) is 7.93. The van der Waals surface area contributed by atoms with Gasteiger partial charge in [0.05, 0.1) is 31.1 Å². The van der Waals surface area contributed by atoms with Crippen molar-refractivity contribution in [2.45, 2.75) is 24.1 Å². The molecule has 0 aliphatic carbocycles. The number of sulfone groups is 1. The molecule has 0 unspecified atom stereocenters. The number of benzene rings is 1. The van der Waals surface area contributed by atoms with Crippen molar-refractivity contribution >= 4 is 44.3 Å². The van der Waals surface area contributed by atoms with E-state index in [1.807, 2.05) is 0 Å². The van der Waals surface area contributed by atoms with Crippen LogP contribution in [0.4, 0.5) is 5.69 Å². The quantitative estimate of drug-likeness (QED) is 0.786. The van der Waals surface area contributed by atoms with Crippen molar-refractivity contribution in [2.75, 3.05) is 23.5 Å². The summed E-state index contributed by atoms with van der Waals surface area (Å²) in [7, 11) is -1.59. The first-order chi connectivity index (χ1) is 12.3. The summed E-state index contributed by atoms with van der Waals surface area (Å²) in [6.07, 6.45) is -0.479. The summed E-state index contributed by atoms with van der Waals surface area (Å²) in [5.41, 5.74) is 0.715. The molecule has 2 heterocycles. The molecule has 0 aromatic heterocycles. The Morgan fingerprint density at radius 1 is 1.27 bits per heavy atom. The summed E-state index contributed by atoms with van der Waals surface area (Å²) >= 11 is 1.26. The summed E-state index contributed by atoms with van der Waals surface area (Å²) in [5.74, 6) is -0.896. The summed E-state index contributed by atoms with van der Waals surface area (Å²) in [4.78, 5) is 28.4. The van der Waals surface area contributed by atoms with E-state index in [-0.39, 0.29) is 35.6 Å². The van der Waals surface area contributed by atoms with Gasteiger partial charge in [0.1, 0.15) is 5.75 Å². The van der Waals surface area contributed by atoms with E-state index in [1.165, 1.54) is 11.8 Å². The maximum Gasteiger partial charge on any atom is 0.303 e. The van der Waals surface area contributed by atoms with E-state index in [2.05, 4.69) is 4.99 Å². The first-order valence-corrected chi connectivity index (χ1v) is 10.6. The Balaban J connectivity index is 1.90. The Labute approximate surface area is 155 Å². The smallest absolute Gasteiger partial charge is 0.303 e. The van der Waals surface area contributed by atoms with Gasteiger partial charge in [0.2, 0.25) is 5.91 Å². The average molecular weight is 398 g/mol. The highest BCUT2D eigenvalue weighted by atomic mass is 32.2. The second-order valence-corrected chi connectivity index (χ2v) is 9.41. The highest BCUT2D eigenvalue weighted by molar-refractivity contribution is 8.16. The third kappa shape index (κ3) is 4.01. The summed E-state index contributed by atoms with van der Waals surface area (Å²) in [6, 6.07) is 6.76. The van der Waals surface area contributed by atoms with Crippen LogP contribution in [0.25, 0.3) is 0 Å². The molecule has 10 heteroatoms. The molecule has 3 rings (SSSR count). The van der Waals surface area contributed by atoms with Gasteiger partial charge in [-0.2, -0.15) is 4.99 Å². The third-order valence-electron chi connectivity index (χ3n) is 4.19. The van der Waals surface area contributed by atoms with Crippen LogP contribution in [0.3, 0.4) is 0 Å². The number of carbonyl (C=O) groups is 2. The van der Waals surface area contributed by atoms with Crippen molar-refractivity contribution in [3.63, 3.8) is 0 Å². The lowest BCUT2D eigenvalue weighted by molar-refractivity contribution is -0.138. The van der Waals surface area contributed by atoms with Crippen molar-refractivity contribution in [3.8, 4) is 5.75 Å². The zero-order chi connectivity index (χ0) is 18.9. The van der Waals surface area contributed by atoms with E-state index in [4.69, 9.17) is 9.84 Å². The van der Waals surface area contributed by atoms with Gasteiger partial charge in [-0.05, 0) is 24.3 Å². The van der Waals surface area contributed by atoms with E-state index in [0.717, 1.165) is 0 Å². The minimum atomic E-state index is -3.14. The van der Waals surface area contributed by atoms with Crippen LogP contribution < -0.4 is 9.64 Å². The number of hydrogen-bond donors (Lipinski definition) is 1. The summed E-state index contributed by atoms with van der Waals surface area (Å²) < 4.78 is 29.1. The van der Waals surface area contributed by atoms with E-state index in [9.17, 15) is 18.0 Å². The average Bonchev–Trinajstić information content (AvgIpc) is 3.04. The van der Waals surface area contributed by atoms with E-state index in [0.29, 0.717) is 16.6 Å². The van der Waals surface area contributed by atoms with Crippen LogP contribution in [0.5, 0.6) is 5.75 Å². The predicted octanol–water partition coefficient (Wildman–Crippen LogP) is 1.16. The number of thioether (sulfide) groups is 1. The van der Waals surface area contributed by atoms with E-state index >= 15 is 0 Å². The second-order valence-electron chi connectivity index (χ2n) is 6.05. The molecule has 1 aromatic carbocycles. The van der Waals surface area contributed by atoms with Gasteiger partial charge >= 0.3 is 5.97 Å². The van der Waals surface area contributed by atoms with Crippen LogP contribution in [0.2, 0.25) is 0 Å². The number of rotatable bonds is 5. The highest BCUT2D eigenvalue weighted by Gasteiger charge is 2.49. The van der Waals surface area contributed by atoms with Crippen LogP contribution in [0.15, 0.2) is 29.3 Å². The van der Waals surface area contributed by atoms with Gasteiger partial charge in [-0.25, -0.2) is 8.42 Å². The highest BCUT2D eigenvalue weighted by Crippen LogP contribution is 2.41. The number of aliphatic imine (C=N–C) groups is 1. The number of carboxylic acid groups (broad SMARTS) is 1. The lowest BCUT2D eigenvalue weighted by atomic mass is 10.2. The fourth-order valence-corrected chi connectivity index (χ4v) is 6.92. The van der Waals surface area contributed by atoms with Crippen molar-refractivity contribution in [2.24, 2.45) is 4.99 Å². The predicted molar refractivity (Wildman–Crippen MR) is 98.6 cm³/mol. The SMILES string of the molecule is COc1ccc(N2C(=NC(=O)CCC(=O)O)S[C@H]3CS(=O)(=O)C[C@@H]32)cc1. The van der Waals surface area contributed by atoms with Crippen molar-refractivity contribution in [3.05, 3.63) is 24.3 Å². The molecule has 2 fully saturated rings. The van der Waals surface area contributed by atoms with Crippen molar-refractivity contribution in [1.82, 2.24) is 0 Å². The molecular weight excluding hydrogens is 380 g/mol. The Morgan fingerprint density at radius 2 is 1.96 bits per heavy atom. The molecule has 2 saturated heterocycles. The number of nitrogens with zero attached hydrogens (tertiary/aromatic N) is 2. The van der Waals surface area contributed by atoms with Gasteiger partial charge < -0.3 is 14.7 Å². The lowest BCUT2D eigenvalue weighted by Gasteiger charge is -2.24. The first kappa shape index (κ1) is 18.7. The molecule has 8 nitrogen and oxygen atoms in total. The number of carbonyl (C=O) groups excluding carboxylic acids is 1. The molecule has 1 N–H and O–H groups in total. The normalized spacial score (nSPS) is 25.3. The van der Waals surface area contributed by atoms with E-state index < -0.39 is 21.7 Å². The zero-order valence-corrected chi connectivity index (χ0v) is 15.6. The number of methoxy groups -OCH3 is 1. The Morgan fingerprint density at radius 3 is 2.58 bits per heavy atom. The number of amidine groups is 1. The van der Waals surface area contributed by atoms with E-state index in [1.54, 1.807) is 36.3 Å². The van der Waals surface area contributed by atoms with Crippen molar-refractivity contribution < 1.29 is 27.9 Å². The maximum absolute atomic E-state index is 12.0. The molecule has 0 spiro atoms. The Kier molecular flexibility index (Phi) is 5.24. The van der Waals surface area contributed by atoms with Gasteiger partial charge in [0.25, 0.3) is 0 Å². The largest absolute Gasteiger partial charge is 0.497 e. The minimum Gasteiger partial charge on any atom is -0.497 e. The molecule has 2 aliphatic heterocycles. The second kappa shape index (κ2) is 7.28. The lowest BCUT2D eigenvalue weighted by Crippen LogP contribution is -2.37. The number of hydrogen-bond acceptors (Lipinski definition) is 6. The molecule has 1 aromatic rings. The van der Waals surface area contributed by atoms with Gasteiger partial charge in [0, 0.05) is 17.4 Å². The van der Waals surface area contributed by atoms with Gasteiger partial charge in [0.15, 0.2) is 15.0 Å². The van der Waals surface area contributed by atoms with Crippen molar-refractivity contribution in [1.29, 1.82) is 0 Å². The van der Waals surface area contributed by atoms with Gasteiger partial charge in [-0.1, -0.05) is 11.8 Å². The van der Waals surface area contributed by atoms with Gasteiger partial charge in [-0.3, -0.25) is 9.59 Å². The molecule has 0 bridgehead atoms. The standard InChI is InChI=1S/C16H18N2O6S2/c1-24-11-4-2-10(3-5-11)18-12-8-26(22,23)9-13(12)25-16(18)17-14(19)6-7-15(20)21/h2-5,12-13H,6-9H2,1H3,(H,20,21)/t12-,13-/m0/s1.